The van der Waals surface area contributed by atoms with E-state index in [0.717, 1.165) is 22.4 Å². The van der Waals surface area contributed by atoms with E-state index in [4.69, 9.17) is 9.47 Å². The molecule has 2 aromatic carbocycles. The highest BCUT2D eigenvalue weighted by Crippen LogP contribution is 2.32. The summed E-state index contributed by atoms with van der Waals surface area (Å²) < 4.78 is 11.6. The lowest BCUT2D eigenvalue weighted by Crippen LogP contribution is -2.06. The first-order chi connectivity index (χ1) is 12.0. The summed E-state index contributed by atoms with van der Waals surface area (Å²) in [4.78, 5) is 8.05. The van der Waals surface area contributed by atoms with Crippen molar-refractivity contribution in [3.8, 4) is 11.5 Å². The third-order valence-corrected chi connectivity index (χ3v) is 4.35. The number of benzene rings is 2. The van der Waals surface area contributed by atoms with Crippen LogP contribution in [-0.4, -0.2) is 17.1 Å². The second kappa shape index (κ2) is 7.01. The fourth-order valence-electron chi connectivity index (χ4n) is 2.81. The fourth-order valence-corrected chi connectivity index (χ4v) is 2.81. The number of aromatic nitrogens is 2. The molecule has 1 aromatic heterocycles. The quantitative estimate of drug-likeness (QED) is 0.682. The average molecular weight is 336 g/mol. The zero-order valence-electron chi connectivity index (χ0n) is 15.4. The highest BCUT2D eigenvalue weighted by Gasteiger charge is 2.15. The molecule has 130 valence electrons. The van der Waals surface area contributed by atoms with Gasteiger partial charge in [0.05, 0.1) is 18.1 Å². The minimum atomic E-state index is -0.213. The molecule has 0 aliphatic rings. The first-order valence-electron chi connectivity index (χ1n) is 8.46. The minimum Gasteiger partial charge on any atom is -0.493 e. The van der Waals surface area contributed by atoms with Crippen LogP contribution < -0.4 is 9.47 Å². The summed E-state index contributed by atoms with van der Waals surface area (Å²) in [6, 6.07) is 10.1. The van der Waals surface area contributed by atoms with Crippen molar-refractivity contribution < 1.29 is 9.47 Å². The van der Waals surface area contributed by atoms with Crippen LogP contribution in [0, 0.1) is 13.8 Å². The number of methoxy groups -OCH3 is 1. The van der Waals surface area contributed by atoms with Gasteiger partial charge >= 0.3 is 0 Å². The lowest BCUT2D eigenvalue weighted by Gasteiger charge is -2.15. The van der Waals surface area contributed by atoms with Gasteiger partial charge in [0, 0.05) is 0 Å². The lowest BCUT2D eigenvalue weighted by atomic mass is 10.1. The SMILES string of the molecule is C/C=C/c1ccc(O[C@H](C)c2nc3cc(C)c(C)cc3[nH]2)c(OC)c1. The number of ether oxygens (including phenoxy) is 2. The topological polar surface area (TPSA) is 47.1 Å². The Hall–Kier alpha value is -2.75. The molecule has 4 heteroatoms. The monoisotopic (exact) mass is 336 g/mol. The summed E-state index contributed by atoms with van der Waals surface area (Å²) in [6.07, 6.45) is 3.81. The summed E-state index contributed by atoms with van der Waals surface area (Å²) in [5, 5.41) is 0. The maximum atomic E-state index is 6.10. The molecule has 0 aliphatic heterocycles. The number of imidazole rings is 1. The number of aryl methyl sites for hydroxylation is 2. The van der Waals surface area contributed by atoms with E-state index in [1.54, 1.807) is 7.11 Å². The van der Waals surface area contributed by atoms with Crippen molar-refractivity contribution in [2.45, 2.75) is 33.8 Å². The van der Waals surface area contributed by atoms with Crippen LogP contribution in [-0.2, 0) is 0 Å². The predicted molar refractivity (Wildman–Crippen MR) is 102 cm³/mol. The molecule has 1 atom stereocenters. The smallest absolute Gasteiger partial charge is 0.162 e. The van der Waals surface area contributed by atoms with Crippen molar-refractivity contribution in [1.29, 1.82) is 0 Å². The summed E-state index contributed by atoms with van der Waals surface area (Å²) in [7, 11) is 1.65. The molecule has 25 heavy (non-hydrogen) atoms. The van der Waals surface area contributed by atoms with Gasteiger partial charge in [-0.2, -0.15) is 0 Å². The molecule has 4 nitrogen and oxygen atoms in total. The first-order valence-corrected chi connectivity index (χ1v) is 8.46. The van der Waals surface area contributed by atoms with Crippen LogP contribution in [0.1, 0.15) is 42.5 Å². The standard InChI is InChI=1S/C21H24N2O2/c1-6-7-16-8-9-19(20(12-16)24-5)25-15(4)21-22-17-10-13(2)14(3)11-18(17)23-21/h6-12,15H,1-5H3,(H,22,23)/b7-6+/t15-/m1/s1. The Morgan fingerprint density at radius 3 is 2.56 bits per heavy atom. The van der Waals surface area contributed by atoms with E-state index in [-0.39, 0.29) is 6.10 Å². The van der Waals surface area contributed by atoms with E-state index < -0.39 is 0 Å². The van der Waals surface area contributed by atoms with Crippen LogP contribution in [0.2, 0.25) is 0 Å². The van der Waals surface area contributed by atoms with Gasteiger partial charge in [0.2, 0.25) is 0 Å². The molecule has 0 saturated heterocycles. The van der Waals surface area contributed by atoms with Crippen LogP contribution >= 0.6 is 0 Å². The largest absolute Gasteiger partial charge is 0.493 e. The van der Waals surface area contributed by atoms with Gasteiger partial charge in [-0.25, -0.2) is 4.98 Å². The van der Waals surface area contributed by atoms with Gasteiger partial charge in [0.15, 0.2) is 17.6 Å². The van der Waals surface area contributed by atoms with Gasteiger partial charge in [-0.3, -0.25) is 0 Å². The van der Waals surface area contributed by atoms with Crippen molar-refractivity contribution in [3.05, 3.63) is 58.9 Å². The van der Waals surface area contributed by atoms with Crippen molar-refractivity contribution in [2.75, 3.05) is 7.11 Å². The van der Waals surface area contributed by atoms with Crippen molar-refractivity contribution in [3.63, 3.8) is 0 Å². The lowest BCUT2D eigenvalue weighted by molar-refractivity contribution is 0.208. The number of allylic oxidation sites excluding steroid dienone is 1. The van der Waals surface area contributed by atoms with E-state index in [9.17, 15) is 0 Å². The number of fused-ring (bicyclic) bond motifs is 1. The van der Waals surface area contributed by atoms with E-state index in [1.165, 1.54) is 11.1 Å². The minimum absolute atomic E-state index is 0.213. The normalized spacial score (nSPS) is 12.7. The van der Waals surface area contributed by atoms with Gasteiger partial charge in [-0.05, 0) is 68.7 Å². The van der Waals surface area contributed by atoms with Crippen LogP contribution in [0.15, 0.2) is 36.4 Å². The number of nitrogens with zero attached hydrogens (tertiary/aromatic N) is 1. The molecule has 3 rings (SSSR count). The molecule has 0 bridgehead atoms. The molecule has 0 fully saturated rings. The summed E-state index contributed by atoms with van der Waals surface area (Å²) >= 11 is 0. The molecule has 1 heterocycles. The Labute approximate surface area is 148 Å². The fraction of sp³-hybridized carbons (Fsp3) is 0.286. The van der Waals surface area contributed by atoms with Crippen LogP contribution in [0.5, 0.6) is 11.5 Å². The Balaban J connectivity index is 1.88. The maximum Gasteiger partial charge on any atom is 0.162 e. The van der Waals surface area contributed by atoms with Crippen molar-refractivity contribution >= 4 is 17.1 Å². The van der Waals surface area contributed by atoms with Crippen LogP contribution in [0.25, 0.3) is 17.1 Å². The summed E-state index contributed by atoms with van der Waals surface area (Å²) in [5.41, 5.74) is 5.56. The summed E-state index contributed by atoms with van der Waals surface area (Å²) in [5.74, 6) is 2.22. The average Bonchev–Trinajstić information content (AvgIpc) is 2.99. The number of H-pyrrole nitrogens is 1. The zero-order chi connectivity index (χ0) is 18.0. The Bertz CT molecular complexity index is 886. The van der Waals surface area contributed by atoms with Gasteiger partial charge in [0.1, 0.15) is 5.82 Å². The molecular weight excluding hydrogens is 312 g/mol. The van der Waals surface area contributed by atoms with E-state index in [1.807, 2.05) is 44.2 Å². The van der Waals surface area contributed by atoms with Crippen molar-refractivity contribution in [1.82, 2.24) is 9.97 Å². The molecule has 0 unspecified atom stereocenters. The number of rotatable bonds is 5. The van der Waals surface area contributed by atoms with Crippen LogP contribution in [0.3, 0.4) is 0 Å². The second-order valence-electron chi connectivity index (χ2n) is 6.25. The Morgan fingerprint density at radius 1 is 1.08 bits per heavy atom. The molecule has 0 saturated carbocycles. The highest BCUT2D eigenvalue weighted by atomic mass is 16.5. The zero-order valence-corrected chi connectivity index (χ0v) is 15.4. The van der Waals surface area contributed by atoms with Gasteiger partial charge in [-0.15, -0.1) is 0 Å². The number of hydrogen-bond acceptors (Lipinski definition) is 3. The Morgan fingerprint density at radius 2 is 1.84 bits per heavy atom. The second-order valence-corrected chi connectivity index (χ2v) is 6.25. The Kier molecular flexibility index (Phi) is 4.79. The maximum absolute atomic E-state index is 6.10. The molecule has 0 radical (unpaired) electrons. The molecule has 0 amide bonds. The van der Waals surface area contributed by atoms with Gasteiger partial charge in [0.25, 0.3) is 0 Å². The molecular formula is C21H24N2O2. The summed E-state index contributed by atoms with van der Waals surface area (Å²) in [6.45, 7) is 8.17. The third kappa shape index (κ3) is 3.53. The number of nitrogens with one attached hydrogen (secondary N) is 1. The van der Waals surface area contributed by atoms with E-state index in [2.05, 4.69) is 35.9 Å². The highest BCUT2D eigenvalue weighted by molar-refractivity contribution is 5.77. The van der Waals surface area contributed by atoms with E-state index >= 15 is 0 Å². The van der Waals surface area contributed by atoms with Gasteiger partial charge < -0.3 is 14.5 Å². The molecule has 0 aliphatic carbocycles. The van der Waals surface area contributed by atoms with E-state index in [0.29, 0.717) is 11.5 Å². The molecule has 1 N–H and O–H groups in total. The third-order valence-electron chi connectivity index (χ3n) is 4.35. The number of hydrogen-bond donors (Lipinski definition) is 1. The van der Waals surface area contributed by atoms with Gasteiger partial charge in [-0.1, -0.05) is 18.2 Å². The first kappa shape index (κ1) is 17.1. The van der Waals surface area contributed by atoms with Crippen LogP contribution in [0.4, 0.5) is 0 Å². The molecule has 3 aromatic rings. The van der Waals surface area contributed by atoms with Crippen molar-refractivity contribution in [2.24, 2.45) is 0 Å². The predicted octanol–water partition coefficient (Wildman–Crippen LogP) is 5.36. The number of aromatic amines is 1. The molecule has 0 spiro atoms.